The number of nitrogens with zero attached hydrogens (tertiary/aromatic N) is 2. The lowest BCUT2D eigenvalue weighted by Gasteiger charge is -2.20. The summed E-state index contributed by atoms with van der Waals surface area (Å²) in [5.74, 6) is -0.470. The Balaban J connectivity index is 1.52. The first kappa shape index (κ1) is 17.4. The molecule has 0 N–H and O–H groups in total. The number of benzene rings is 3. The van der Waals surface area contributed by atoms with Gasteiger partial charge in [0.15, 0.2) is 5.11 Å². The van der Waals surface area contributed by atoms with Crippen LogP contribution < -0.4 is 9.80 Å². The molecule has 0 radical (unpaired) electrons. The van der Waals surface area contributed by atoms with E-state index in [0.717, 1.165) is 12.1 Å². The second-order valence-corrected chi connectivity index (χ2v) is 6.77. The molecule has 1 saturated heterocycles. The van der Waals surface area contributed by atoms with Crippen LogP contribution in [-0.2, 0) is 11.2 Å². The summed E-state index contributed by atoms with van der Waals surface area (Å²) in [7, 11) is 0. The van der Waals surface area contributed by atoms with E-state index >= 15 is 0 Å². The molecule has 0 atom stereocenters. The topological polar surface area (TPSA) is 23.6 Å². The first-order chi connectivity index (χ1) is 13.1. The lowest BCUT2D eigenvalue weighted by atomic mass is 10.0. The quantitative estimate of drug-likeness (QED) is 0.624. The van der Waals surface area contributed by atoms with Crippen LogP contribution in [0, 0.1) is 5.82 Å². The molecule has 3 aromatic rings. The van der Waals surface area contributed by atoms with Crippen LogP contribution in [0.25, 0.3) is 0 Å². The molecule has 1 aliphatic rings. The van der Waals surface area contributed by atoms with E-state index < -0.39 is 0 Å². The number of hydrogen-bond donors (Lipinski definition) is 0. The molecule has 1 amide bonds. The Morgan fingerprint density at radius 2 is 1.41 bits per heavy atom. The Morgan fingerprint density at radius 1 is 0.815 bits per heavy atom. The number of halogens is 1. The predicted octanol–water partition coefficient (Wildman–Crippen LogP) is 4.55. The number of rotatable bonds is 4. The molecule has 1 fully saturated rings. The largest absolute Gasteiger partial charge is 0.309 e. The summed E-state index contributed by atoms with van der Waals surface area (Å²) in [5, 5.41) is 0.405. The first-order valence-corrected chi connectivity index (χ1v) is 9.05. The average molecular weight is 376 g/mol. The SMILES string of the molecule is O=C1CN(c2ccc(Cc3ccccc3)cc2)C(=S)N1c1ccc(F)cc1. The lowest BCUT2D eigenvalue weighted by molar-refractivity contribution is -0.115. The normalized spacial score (nSPS) is 14.1. The van der Waals surface area contributed by atoms with Gasteiger partial charge < -0.3 is 4.90 Å². The van der Waals surface area contributed by atoms with E-state index in [1.54, 1.807) is 17.0 Å². The number of amides is 1. The van der Waals surface area contributed by atoms with Crippen molar-refractivity contribution in [3.63, 3.8) is 0 Å². The van der Waals surface area contributed by atoms with Crippen molar-refractivity contribution in [2.45, 2.75) is 6.42 Å². The number of hydrogen-bond acceptors (Lipinski definition) is 2. The van der Waals surface area contributed by atoms with Gasteiger partial charge in [0.1, 0.15) is 12.4 Å². The van der Waals surface area contributed by atoms with Gasteiger partial charge in [0.25, 0.3) is 5.91 Å². The van der Waals surface area contributed by atoms with Crippen LogP contribution >= 0.6 is 12.2 Å². The maximum atomic E-state index is 13.2. The second kappa shape index (κ2) is 7.29. The zero-order chi connectivity index (χ0) is 18.8. The molecule has 27 heavy (non-hydrogen) atoms. The van der Waals surface area contributed by atoms with Crippen molar-refractivity contribution >= 4 is 34.6 Å². The Kier molecular flexibility index (Phi) is 4.69. The highest BCUT2D eigenvalue weighted by Crippen LogP contribution is 2.27. The van der Waals surface area contributed by atoms with Gasteiger partial charge in [-0.15, -0.1) is 0 Å². The van der Waals surface area contributed by atoms with Gasteiger partial charge in [0.05, 0.1) is 5.69 Å². The Morgan fingerprint density at radius 3 is 2.07 bits per heavy atom. The minimum Gasteiger partial charge on any atom is -0.309 e. The van der Waals surface area contributed by atoms with Gasteiger partial charge in [-0.1, -0.05) is 42.5 Å². The molecule has 3 nitrogen and oxygen atoms in total. The predicted molar refractivity (Wildman–Crippen MR) is 110 cm³/mol. The molecule has 3 aromatic carbocycles. The molecule has 1 aliphatic heterocycles. The van der Waals surface area contributed by atoms with Gasteiger partial charge in [0.2, 0.25) is 0 Å². The highest BCUT2D eigenvalue weighted by molar-refractivity contribution is 7.81. The van der Waals surface area contributed by atoms with Crippen LogP contribution in [0.5, 0.6) is 0 Å². The van der Waals surface area contributed by atoms with Crippen molar-refractivity contribution in [1.29, 1.82) is 0 Å². The van der Waals surface area contributed by atoms with Crippen LogP contribution in [0.4, 0.5) is 15.8 Å². The summed E-state index contributed by atoms with van der Waals surface area (Å²) in [6.45, 7) is 0.175. The summed E-state index contributed by atoms with van der Waals surface area (Å²) in [4.78, 5) is 15.7. The van der Waals surface area contributed by atoms with E-state index in [1.807, 2.05) is 30.3 Å². The fourth-order valence-electron chi connectivity index (χ4n) is 3.17. The summed E-state index contributed by atoms with van der Waals surface area (Å²) in [6.07, 6.45) is 0.853. The third kappa shape index (κ3) is 3.59. The summed E-state index contributed by atoms with van der Waals surface area (Å²) >= 11 is 5.51. The molecule has 4 rings (SSSR count). The van der Waals surface area contributed by atoms with E-state index in [9.17, 15) is 9.18 Å². The van der Waals surface area contributed by atoms with E-state index in [2.05, 4.69) is 24.3 Å². The molecule has 0 aliphatic carbocycles. The highest BCUT2D eigenvalue weighted by Gasteiger charge is 2.34. The van der Waals surface area contributed by atoms with Crippen LogP contribution in [0.15, 0.2) is 78.9 Å². The minimum absolute atomic E-state index is 0.125. The molecular weight excluding hydrogens is 359 g/mol. The zero-order valence-electron chi connectivity index (χ0n) is 14.5. The fourth-order valence-corrected chi connectivity index (χ4v) is 3.55. The molecule has 0 saturated carbocycles. The van der Waals surface area contributed by atoms with Gasteiger partial charge in [-0.3, -0.25) is 9.69 Å². The van der Waals surface area contributed by atoms with Crippen molar-refractivity contribution in [3.05, 3.63) is 95.8 Å². The second-order valence-electron chi connectivity index (χ2n) is 6.40. The first-order valence-electron chi connectivity index (χ1n) is 8.65. The number of carbonyl (C=O) groups excluding carboxylic acids is 1. The average Bonchev–Trinajstić information content (AvgIpc) is 2.98. The van der Waals surface area contributed by atoms with Crippen molar-refractivity contribution in [2.75, 3.05) is 16.3 Å². The van der Waals surface area contributed by atoms with E-state index in [-0.39, 0.29) is 18.3 Å². The van der Waals surface area contributed by atoms with Crippen molar-refractivity contribution in [1.82, 2.24) is 0 Å². The van der Waals surface area contributed by atoms with Crippen molar-refractivity contribution in [3.8, 4) is 0 Å². The van der Waals surface area contributed by atoms with Gasteiger partial charge >= 0.3 is 0 Å². The number of thiocarbonyl (C=S) groups is 1. The van der Waals surface area contributed by atoms with Crippen LogP contribution in [0.1, 0.15) is 11.1 Å². The summed E-state index contributed by atoms with van der Waals surface area (Å²) in [6, 6.07) is 24.1. The van der Waals surface area contributed by atoms with Crippen molar-refractivity contribution in [2.24, 2.45) is 0 Å². The van der Waals surface area contributed by atoms with Gasteiger partial charge in [-0.2, -0.15) is 0 Å². The van der Waals surface area contributed by atoms with Crippen LogP contribution in [0.2, 0.25) is 0 Å². The van der Waals surface area contributed by atoms with Gasteiger partial charge in [-0.05, 0) is 66.2 Å². The Bertz CT molecular complexity index is 971. The number of carbonyl (C=O) groups is 1. The highest BCUT2D eigenvalue weighted by atomic mass is 32.1. The molecule has 0 unspecified atom stereocenters. The minimum atomic E-state index is -0.345. The molecular formula is C22H17FN2OS. The maximum absolute atomic E-state index is 13.2. The zero-order valence-corrected chi connectivity index (χ0v) is 15.3. The third-order valence-electron chi connectivity index (χ3n) is 4.55. The molecule has 1 heterocycles. The fraction of sp³-hybridized carbons (Fsp3) is 0.0909. The van der Waals surface area contributed by atoms with Gasteiger partial charge in [0, 0.05) is 5.69 Å². The monoisotopic (exact) mass is 376 g/mol. The molecule has 0 spiro atoms. The maximum Gasteiger partial charge on any atom is 0.253 e. The number of anilines is 2. The molecule has 134 valence electrons. The Labute approximate surface area is 162 Å². The van der Waals surface area contributed by atoms with Crippen LogP contribution in [0.3, 0.4) is 0 Å². The third-order valence-corrected chi connectivity index (χ3v) is 4.95. The summed E-state index contributed by atoms with van der Waals surface area (Å²) < 4.78 is 13.2. The molecule has 0 aromatic heterocycles. The van der Waals surface area contributed by atoms with Crippen molar-refractivity contribution < 1.29 is 9.18 Å². The van der Waals surface area contributed by atoms with E-state index in [4.69, 9.17) is 12.2 Å². The Hall–Kier alpha value is -3.05. The standard InChI is InChI=1S/C22H17FN2OS/c23-18-8-12-20(13-9-18)25-21(26)15-24(22(25)27)19-10-6-17(7-11-19)14-16-4-2-1-3-5-16/h1-13H,14-15H2. The lowest BCUT2D eigenvalue weighted by Crippen LogP contribution is -2.32. The van der Waals surface area contributed by atoms with Gasteiger partial charge in [-0.25, -0.2) is 4.39 Å². The molecule has 0 bridgehead atoms. The van der Waals surface area contributed by atoms with Crippen LogP contribution in [-0.4, -0.2) is 17.6 Å². The van der Waals surface area contributed by atoms with E-state index in [0.29, 0.717) is 10.8 Å². The van der Waals surface area contributed by atoms with E-state index in [1.165, 1.54) is 28.2 Å². The molecule has 5 heteroatoms. The smallest absolute Gasteiger partial charge is 0.253 e. The summed E-state index contributed by atoms with van der Waals surface area (Å²) in [5.41, 5.74) is 3.89.